The molecule has 0 spiro atoms. The maximum atomic E-state index is 11.4. The number of nitrogens with zero attached hydrogens (tertiary/aromatic N) is 3. The van der Waals surface area contributed by atoms with Crippen molar-refractivity contribution in [2.75, 3.05) is 7.11 Å². The molecule has 3 N–H and O–H groups in total. The second-order valence-corrected chi connectivity index (χ2v) is 15.6. The predicted octanol–water partition coefficient (Wildman–Crippen LogP) is 12.2. The number of unbranched alkanes of at least 4 members (excludes halogenated alkanes) is 10. The highest BCUT2D eigenvalue weighted by molar-refractivity contribution is 5.70. The topological polar surface area (TPSA) is 127 Å². The summed E-state index contributed by atoms with van der Waals surface area (Å²) in [6.45, 7) is 4.45. The van der Waals surface area contributed by atoms with E-state index in [0.29, 0.717) is 32.1 Å². The van der Waals surface area contributed by atoms with Gasteiger partial charge in [0.2, 0.25) is 0 Å². The number of imidazole rings is 1. The smallest absolute Gasteiger partial charge is 0.305 e. The Morgan fingerprint density at radius 2 is 1.25 bits per heavy atom. The van der Waals surface area contributed by atoms with Crippen molar-refractivity contribution in [2.45, 2.75) is 142 Å². The van der Waals surface area contributed by atoms with Gasteiger partial charge in [-0.15, -0.1) is 0 Å². The Kier molecular flexibility index (Phi) is 23.0. The predicted molar refractivity (Wildman–Crippen MR) is 242 cm³/mol. The van der Waals surface area contributed by atoms with Crippen molar-refractivity contribution in [1.82, 2.24) is 14.1 Å². The molecule has 0 saturated heterocycles. The minimum atomic E-state index is -0.820. The normalized spacial score (nSPS) is 12.5. The van der Waals surface area contributed by atoms with Gasteiger partial charge in [0.25, 0.3) is 0 Å². The number of aromatic nitrogens is 3. The lowest BCUT2D eigenvalue weighted by atomic mass is 9.94. The first-order valence-corrected chi connectivity index (χ1v) is 21.9. The quantitative estimate of drug-likeness (QED) is 0.0426. The summed E-state index contributed by atoms with van der Waals surface area (Å²) in [6.07, 6.45) is 32.3. The molecule has 2 unspecified atom stereocenters. The zero-order valence-electron chi connectivity index (χ0n) is 36.5. The third-order valence-electron chi connectivity index (χ3n) is 10.7. The molecule has 0 fully saturated rings. The van der Waals surface area contributed by atoms with Gasteiger partial charge in [0.05, 0.1) is 37.5 Å². The van der Waals surface area contributed by atoms with E-state index < -0.39 is 18.2 Å². The van der Waals surface area contributed by atoms with Gasteiger partial charge in [0.15, 0.2) is 0 Å². The molecule has 0 aliphatic carbocycles. The number of benzene rings is 2. The number of aliphatic hydroxyl groups excluding tert-OH is 2. The number of allylic oxidation sites excluding steroid dienone is 2. The maximum Gasteiger partial charge on any atom is 0.305 e. The number of methoxy groups -OCH3 is 1. The van der Waals surface area contributed by atoms with Crippen LogP contribution in [0.3, 0.4) is 0 Å². The summed E-state index contributed by atoms with van der Waals surface area (Å²) in [6, 6.07) is 14.4. The summed E-state index contributed by atoms with van der Waals surface area (Å²) in [5, 5.41) is 30.2. The van der Waals surface area contributed by atoms with Crippen LogP contribution in [0.15, 0.2) is 79.5 Å². The molecule has 0 aliphatic rings. The largest absolute Gasteiger partial charge is 0.481 e. The third-order valence-corrected chi connectivity index (χ3v) is 10.7. The number of aliphatic carboxylic acids is 1. The molecule has 0 radical (unpaired) electrons. The van der Waals surface area contributed by atoms with E-state index in [9.17, 15) is 19.8 Å². The molecule has 59 heavy (non-hydrogen) atoms. The van der Waals surface area contributed by atoms with Crippen LogP contribution < -0.4 is 0 Å². The van der Waals surface area contributed by atoms with Gasteiger partial charge in [-0.05, 0) is 103 Å². The Morgan fingerprint density at radius 1 is 0.712 bits per heavy atom. The molecular formula is C50H71N3O6. The fraction of sp³-hybridized carbons (Fsp3) is 0.500. The number of ether oxygens (including phenoxy) is 1. The molecule has 9 nitrogen and oxygen atoms in total. The third kappa shape index (κ3) is 18.0. The molecule has 0 saturated carbocycles. The monoisotopic (exact) mass is 810 g/mol. The Labute approximate surface area is 353 Å². The summed E-state index contributed by atoms with van der Waals surface area (Å²) in [7, 11) is 5.37. The molecule has 0 bridgehead atoms. The van der Waals surface area contributed by atoms with Crippen LogP contribution in [0.1, 0.15) is 164 Å². The number of carboxylic acid groups (broad SMARTS) is 1. The molecular weight excluding hydrogens is 739 g/mol. The Bertz CT molecular complexity index is 1870. The lowest BCUT2D eigenvalue weighted by Gasteiger charge is -2.15. The molecule has 2 aromatic carbocycles. The van der Waals surface area contributed by atoms with Gasteiger partial charge < -0.3 is 29.2 Å². The number of aryl methyl sites for hydroxylation is 2. The number of carbonyl (C=O) groups is 2. The van der Waals surface area contributed by atoms with Gasteiger partial charge in [-0.2, -0.15) is 0 Å². The average Bonchev–Trinajstić information content (AvgIpc) is 3.87. The molecule has 0 amide bonds. The Balaban J connectivity index is 0.000000316. The van der Waals surface area contributed by atoms with Crippen LogP contribution in [0, 0.1) is 0 Å². The first-order valence-electron chi connectivity index (χ1n) is 21.9. The Morgan fingerprint density at radius 3 is 1.75 bits per heavy atom. The maximum absolute atomic E-state index is 11.4. The van der Waals surface area contributed by atoms with Gasteiger partial charge in [-0.25, -0.2) is 4.98 Å². The first kappa shape index (κ1) is 48.6. The molecule has 2 atom stereocenters. The van der Waals surface area contributed by atoms with Crippen molar-refractivity contribution in [2.24, 2.45) is 14.1 Å². The highest BCUT2D eigenvalue weighted by Gasteiger charge is 2.16. The van der Waals surface area contributed by atoms with Gasteiger partial charge in [-0.3, -0.25) is 9.59 Å². The number of aliphatic hydroxyl groups is 2. The summed E-state index contributed by atoms with van der Waals surface area (Å²) < 4.78 is 8.70. The molecule has 4 rings (SSSR count). The lowest BCUT2D eigenvalue weighted by Crippen LogP contribution is -2.04. The molecule has 4 aromatic rings. The number of hydrogen-bond donors (Lipinski definition) is 3. The SMILES string of the molecule is CCCCCCC/C=C/c1cc(-c2ccn(C)c2)ccc1C(O)CCCC(=O)O.CCCCCCC/C=C/c1cc(-c2cncn2C)ccc1C(O)CCCC(=O)OC. The molecule has 322 valence electrons. The number of esters is 1. The fourth-order valence-corrected chi connectivity index (χ4v) is 7.14. The van der Waals surface area contributed by atoms with Crippen LogP contribution in [0.4, 0.5) is 0 Å². The zero-order valence-corrected chi connectivity index (χ0v) is 36.5. The van der Waals surface area contributed by atoms with Crippen molar-refractivity contribution < 1.29 is 29.6 Å². The van der Waals surface area contributed by atoms with E-state index >= 15 is 0 Å². The number of carbonyl (C=O) groups excluding carboxylic acids is 1. The van der Waals surface area contributed by atoms with Crippen molar-refractivity contribution in [3.8, 4) is 22.4 Å². The number of rotatable bonds is 26. The van der Waals surface area contributed by atoms with E-state index in [-0.39, 0.29) is 12.4 Å². The van der Waals surface area contributed by atoms with E-state index in [2.05, 4.69) is 67.5 Å². The van der Waals surface area contributed by atoms with Crippen molar-refractivity contribution in [3.63, 3.8) is 0 Å². The average molecular weight is 810 g/mol. The van der Waals surface area contributed by atoms with Gasteiger partial charge in [-0.1, -0.05) is 114 Å². The number of carboxylic acids is 1. The van der Waals surface area contributed by atoms with Crippen molar-refractivity contribution in [1.29, 1.82) is 0 Å². The van der Waals surface area contributed by atoms with Crippen LogP contribution in [0.2, 0.25) is 0 Å². The van der Waals surface area contributed by atoms with Gasteiger partial charge in [0, 0.05) is 44.9 Å². The minimum absolute atomic E-state index is 0.0854. The highest BCUT2D eigenvalue weighted by atomic mass is 16.5. The van der Waals surface area contributed by atoms with E-state index in [4.69, 9.17) is 9.84 Å². The zero-order chi connectivity index (χ0) is 42.8. The fourth-order valence-electron chi connectivity index (χ4n) is 7.14. The minimum Gasteiger partial charge on any atom is -0.481 e. The summed E-state index contributed by atoms with van der Waals surface area (Å²) in [5.74, 6) is -1.06. The van der Waals surface area contributed by atoms with Crippen LogP contribution in [-0.2, 0) is 28.4 Å². The molecule has 2 aromatic heterocycles. The van der Waals surface area contributed by atoms with Crippen LogP contribution in [0.25, 0.3) is 34.5 Å². The van der Waals surface area contributed by atoms with Crippen molar-refractivity contribution >= 4 is 24.1 Å². The van der Waals surface area contributed by atoms with Gasteiger partial charge >= 0.3 is 11.9 Å². The van der Waals surface area contributed by atoms with E-state index in [0.717, 1.165) is 57.5 Å². The second kappa shape index (κ2) is 27.9. The summed E-state index contributed by atoms with van der Waals surface area (Å²) in [4.78, 5) is 26.3. The molecule has 0 aliphatic heterocycles. The van der Waals surface area contributed by atoms with E-state index in [1.54, 1.807) is 6.33 Å². The standard InChI is InChI=1S/C25H36N2O3.C25H35NO3/c1-4-5-6-7-8-9-10-12-20-17-21(23-18-26-19-27(23)2)15-16-22(20)24(28)13-11-14-25(29)30-3;1-3-4-5-6-7-8-9-11-21-18-20(22-16-17-26(2)19-22)14-15-23(21)24(27)12-10-13-25(28)29/h10,12,15-19,24,28H,4-9,11,13-14H2,1-3H3;9,11,14-19,24,27H,3-8,10,12-13H2,1-2H3,(H,28,29)/b12-10+;11-9+. The second-order valence-electron chi connectivity index (χ2n) is 15.6. The lowest BCUT2D eigenvalue weighted by molar-refractivity contribution is -0.141. The van der Waals surface area contributed by atoms with Crippen LogP contribution >= 0.6 is 0 Å². The van der Waals surface area contributed by atoms with Crippen molar-refractivity contribution in [3.05, 3.63) is 102 Å². The first-order chi connectivity index (χ1) is 28.6. The van der Waals surface area contributed by atoms with Crippen LogP contribution in [0.5, 0.6) is 0 Å². The van der Waals surface area contributed by atoms with Gasteiger partial charge in [0.1, 0.15) is 0 Å². The van der Waals surface area contributed by atoms with E-state index in [1.807, 2.05) is 59.9 Å². The Hall–Kier alpha value is -4.73. The summed E-state index contributed by atoms with van der Waals surface area (Å²) >= 11 is 0. The molecule has 2 heterocycles. The highest BCUT2D eigenvalue weighted by Crippen LogP contribution is 2.31. The van der Waals surface area contributed by atoms with E-state index in [1.165, 1.54) is 71.3 Å². The summed E-state index contributed by atoms with van der Waals surface area (Å²) in [5.41, 5.74) is 8.18. The number of hydrogen-bond acceptors (Lipinski definition) is 6. The van der Waals surface area contributed by atoms with Crippen LogP contribution in [-0.4, -0.2) is 48.5 Å². The molecule has 9 heteroatoms.